The zero-order valence-corrected chi connectivity index (χ0v) is 11.6. The van der Waals surface area contributed by atoms with Crippen LogP contribution in [0.5, 0.6) is 0 Å². The van der Waals surface area contributed by atoms with Crippen molar-refractivity contribution in [2.75, 3.05) is 13.2 Å². The van der Waals surface area contributed by atoms with Gasteiger partial charge in [0, 0.05) is 36.5 Å². The van der Waals surface area contributed by atoms with E-state index in [1.54, 1.807) is 12.4 Å². The number of rotatable bonds is 7. The van der Waals surface area contributed by atoms with Crippen molar-refractivity contribution in [3.05, 3.63) is 28.5 Å². The number of hydrogen-bond donors (Lipinski definition) is 0. The number of hydrogen-bond acceptors (Lipinski definition) is 4. The summed E-state index contributed by atoms with van der Waals surface area (Å²) in [5, 5.41) is 0. The fourth-order valence-corrected chi connectivity index (χ4v) is 1.79. The Hall–Kier alpha value is -0.780. The molecule has 5 heteroatoms. The van der Waals surface area contributed by atoms with Gasteiger partial charge >= 0.3 is 0 Å². The number of nitrogens with zero attached hydrogens (tertiary/aromatic N) is 1. The monoisotopic (exact) mass is 301 g/mol. The molecule has 0 bridgehead atoms. The lowest BCUT2D eigenvalue weighted by atomic mass is 10.1. The minimum Gasteiger partial charge on any atom is -0.346 e. The minimum absolute atomic E-state index is 0.0893. The van der Waals surface area contributed by atoms with Gasteiger partial charge in [-0.05, 0) is 41.4 Å². The summed E-state index contributed by atoms with van der Waals surface area (Å²) >= 11 is 3.31. The van der Waals surface area contributed by atoms with Crippen LogP contribution in [0, 0.1) is 0 Å². The fourth-order valence-electron chi connectivity index (χ4n) is 1.37. The number of carbonyl (C=O) groups is 1. The van der Waals surface area contributed by atoms with Gasteiger partial charge in [0.05, 0.1) is 0 Å². The molecular weight excluding hydrogens is 286 g/mol. The van der Waals surface area contributed by atoms with Crippen molar-refractivity contribution in [1.29, 1.82) is 0 Å². The van der Waals surface area contributed by atoms with Crippen molar-refractivity contribution in [2.45, 2.75) is 26.6 Å². The lowest BCUT2D eigenvalue weighted by Gasteiger charge is -2.15. The molecule has 94 valence electrons. The van der Waals surface area contributed by atoms with Crippen molar-refractivity contribution in [3.8, 4) is 0 Å². The molecule has 17 heavy (non-hydrogen) atoms. The third-order valence-electron chi connectivity index (χ3n) is 2.04. The molecule has 1 heterocycles. The maximum atomic E-state index is 11.9. The van der Waals surface area contributed by atoms with Crippen molar-refractivity contribution in [1.82, 2.24) is 4.98 Å². The van der Waals surface area contributed by atoms with Crippen LogP contribution >= 0.6 is 15.9 Å². The fraction of sp³-hybridized carbons (Fsp3) is 0.500. The van der Waals surface area contributed by atoms with Crippen LogP contribution in [0.3, 0.4) is 0 Å². The quantitative estimate of drug-likeness (QED) is 0.726. The first-order valence-electron chi connectivity index (χ1n) is 5.52. The topological polar surface area (TPSA) is 48.4 Å². The first kappa shape index (κ1) is 14.3. The van der Waals surface area contributed by atoms with Gasteiger partial charge < -0.3 is 9.47 Å². The molecule has 1 aromatic rings. The van der Waals surface area contributed by atoms with E-state index in [-0.39, 0.29) is 12.2 Å². The molecule has 1 aromatic heterocycles. The normalized spacial score (nSPS) is 10.8. The van der Waals surface area contributed by atoms with Crippen molar-refractivity contribution >= 4 is 21.7 Å². The number of ether oxygens (including phenoxy) is 2. The van der Waals surface area contributed by atoms with Crippen LogP contribution in [0.1, 0.15) is 19.4 Å². The summed E-state index contributed by atoms with van der Waals surface area (Å²) in [5.41, 5.74) is 0.841. The maximum absolute atomic E-state index is 11.9. The Balaban J connectivity index is 2.62. The Bertz CT molecular complexity index is 365. The highest BCUT2D eigenvalue weighted by atomic mass is 79.9. The average Bonchev–Trinajstić information content (AvgIpc) is 2.28. The Morgan fingerprint density at radius 1 is 1.35 bits per heavy atom. The van der Waals surface area contributed by atoms with Crippen molar-refractivity contribution in [2.24, 2.45) is 0 Å². The van der Waals surface area contributed by atoms with E-state index in [4.69, 9.17) is 9.47 Å². The largest absolute Gasteiger partial charge is 0.346 e. The predicted molar refractivity (Wildman–Crippen MR) is 67.7 cm³/mol. The molecule has 0 spiro atoms. The molecule has 0 saturated heterocycles. The first-order valence-corrected chi connectivity index (χ1v) is 6.32. The van der Waals surface area contributed by atoms with Gasteiger partial charge in [0.15, 0.2) is 5.78 Å². The van der Waals surface area contributed by atoms with Gasteiger partial charge in [0.1, 0.15) is 0 Å². The lowest BCUT2D eigenvalue weighted by molar-refractivity contribution is -0.167. The van der Waals surface area contributed by atoms with Crippen LogP contribution in [-0.4, -0.2) is 30.3 Å². The van der Waals surface area contributed by atoms with Gasteiger partial charge in [-0.2, -0.15) is 0 Å². The van der Waals surface area contributed by atoms with Gasteiger partial charge in [-0.25, -0.2) is 0 Å². The third kappa shape index (κ3) is 4.93. The van der Waals surface area contributed by atoms with Gasteiger partial charge in [0.2, 0.25) is 6.29 Å². The maximum Gasteiger partial charge on any atom is 0.218 e. The van der Waals surface area contributed by atoms with Crippen LogP contribution in [0.25, 0.3) is 0 Å². The number of Topliss-reactive ketones (excluding diaryl/α,β-unsaturated/α-hetero) is 1. The van der Waals surface area contributed by atoms with Gasteiger partial charge in [-0.1, -0.05) is 0 Å². The van der Waals surface area contributed by atoms with E-state index in [2.05, 4.69) is 20.9 Å². The Kier molecular flexibility index (Phi) is 6.32. The lowest BCUT2D eigenvalue weighted by Crippen LogP contribution is -2.29. The molecule has 0 unspecified atom stereocenters. The number of carbonyl (C=O) groups excluding carboxylic acids is 1. The van der Waals surface area contributed by atoms with Crippen LogP contribution in [0.15, 0.2) is 22.9 Å². The summed E-state index contributed by atoms with van der Waals surface area (Å²) in [6.45, 7) is 4.57. The highest BCUT2D eigenvalue weighted by molar-refractivity contribution is 9.10. The summed E-state index contributed by atoms with van der Waals surface area (Å²) < 4.78 is 11.3. The zero-order valence-electron chi connectivity index (χ0n) is 9.98. The Morgan fingerprint density at radius 2 is 2.00 bits per heavy atom. The van der Waals surface area contributed by atoms with Crippen molar-refractivity contribution < 1.29 is 14.3 Å². The summed E-state index contributed by atoms with van der Waals surface area (Å²) in [4.78, 5) is 15.9. The van der Waals surface area contributed by atoms with Gasteiger partial charge in [-0.15, -0.1) is 0 Å². The van der Waals surface area contributed by atoms with E-state index in [1.165, 1.54) is 0 Å². The second kappa shape index (κ2) is 7.53. The van der Waals surface area contributed by atoms with E-state index < -0.39 is 6.29 Å². The second-order valence-electron chi connectivity index (χ2n) is 3.40. The molecule has 0 N–H and O–H groups in total. The molecule has 0 amide bonds. The first-order chi connectivity index (χ1) is 8.17. The molecule has 0 fully saturated rings. The summed E-state index contributed by atoms with van der Waals surface area (Å²) in [6.07, 6.45) is 2.83. The molecule has 0 aromatic carbocycles. The van der Waals surface area contributed by atoms with E-state index in [0.717, 1.165) is 10.0 Å². The summed E-state index contributed by atoms with van der Waals surface area (Å²) in [6, 6.07) is 1.86. The van der Waals surface area contributed by atoms with Crippen LogP contribution in [0.2, 0.25) is 0 Å². The highest BCUT2D eigenvalue weighted by Crippen LogP contribution is 2.11. The van der Waals surface area contributed by atoms with E-state index >= 15 is 0 Å². The Labute approximate surface area is 109 Å². The SMILES string of the molecule is CCOC(OCC)C(=O)Cc1cncc(Br)c1. The number of aromatic nitrogens is 1. The third-order valence-corrected chi connectivity index (χ3v) is 2.47. The summed E-state index contributed by atoms with van der Waals surface area (Å²) in [5.74, 6) is -0.0893. The Morgan fingerprint density at radius 3 is 2.53 bits per heavy atom. The van der Waals surface area contributed by atoms with E-state index in [0.29, 0.717) is 13.2 Å². The molecule has 0 radical (unpaired) electrons. The van der Waals surface area contributed by atoms with Crippen LogP contribution in [0.4, 0.5) is 0 Å². The second-order valence-corrected chi connectivity index (χ2v) is 4.31. The zero-order chi connectivity index (χ0) is 12.7. The molecule has 4 nitrogen and oxygen atoms in total. The highest BCUT2D eigenvalue weighted by Gasteiger charge is 2.19. The molecule has 0 aliphatic rings. The molecular formula is C12H16BrNO3. The molecule has 0 aliphatic heterocycles. The van der Waals surface area contributed by atoms with Crippen molar-refractivity contribution in [3.63, 3.8) is 0 Å². The van der Waals surface area contributed by atoms with Gasteiger partial charge in [-0.3, -0.25) is 9.78 Å². The minimum atomic E-state index is -0.774. The summed E-state index contributed by atoms with van der Waals surface area (Å²) in [7, 11) is 0. The van der Waals surface area contributed by atoms with E-state index in [1.807, 2.05) is 19.9 Å². The van der Waals surface area contributed by atoms with E-state index in [9.17, 15) is 4.79 Å². The molecule has 0 atom stereocenters. The number of ketones is 1. The molecule has 0 aliphatic carbocycles. The average molecular weight is 302 g/mol. The molecule has 0 saturated carbocycles. The predicted octanol–water partition coefficient (Wildman–Crippen LogP) is 2.35. The molecule has 1 rings (SSSR count). The number of pyridine rings is 1. The van der Waals surface area contributed by atoms with Crippen LogP contribution in [-0.2, 0) is 20.7 Å². The standard InChI is InChI=1S/C12H16BrNO3/c1-3-16-12(17-4-2)11(15)6-9-5-10(13)8-14-7-9/h5,7-8,12H,3-4,6H2,1-2H3. The van der Waals surface area contributed by atoms with Gasteiger partial charge in [0.25, 0.3) is 0 Å². The smallest absolute Gasteiger partial charge is 0.218 e. The number of halogens is 1. The van der Waals surface area contributed by atoms with Crippen LogP contribution < -0.4 is 0 Å².